The van der Waals surface area contributed by atoms with E-state index in [9.17, 15) is 10.1 Å². The van der Waals surface area contributed by atoms with Gasteiger partial charge in [-0.1, -0.05) is 30.3 Å². The predicted molar refractivity (Wildman–Crippen MR) is 84.7 cm³/mol. The molecule has 5 heteroatoms. The van der Waals surface area contributed by atoms with Crippen molar-refractivity contribution in [1.82, 2.24) is 9.38 Å². The topological polar surface area (TPSA) is 67.4 Å². The van der Waals surface area contributed by atoms with Crippen molar-refractivity contribution in [1.29, 1.82) is 5.26 Å². The number of benzene rings is 1. The van der Waals surface area contributed by atoms with Gasteiger partial charge in [-0.15, -0.1) is 0 Å². The highest BCUT2D eigenvalue weighted by Gasteiger charge is 2.14. The maximum absolute atomic E-state index is 12.1. The molecule has 23 heavy (non-hydrogen) atoms. The van der Waals surface area contributed by atoms with E-state index in [0.717, 1.165) is 11.1 Å². The molecule has 5 nitrogen and oxygen atoms in total. The first kappa shape index (κ1) is 14.8. The number of ether oxygens (including phenoxy) is 1. The summed E-state index contributed by atoms with van der Waals surface area (Å²) >= 11 is 0. The Morgan fingerprint density at radius 2 is 2.13 bits per heavy atom. The summed E-state index contributed by atoms with van der Waals surface area (Å²) in [5.74, 6) is -0.790. The number of hydrogen-bond acceptors (Lipinski definition) is 4. The first-order chi connectivity index (χ1) is 11.3. The monoisotopic (exact) mass is 305 g/mol. The molecule has 0 bridgehead atoms. The standard InChI is InChI=1S/C18H15N3O2/c19-10-15(8-14-4-2-1-3-5-14)12-23-18(22)16-6-7-21-13-20-11-17(21)9-16/h1-7,9,11,13,15H,8,12H2. The minimum Gasteiger partial charge on any atom is -0.461 e. The average Bonchev–Trinajstić information content (AvgIpc) is 3.06. The van der Waals surface area contributed by atoms with Crippen molar-refractivity contribution in [3.05, 3.63) is 72.3 Å². The Bertz CT molecular complexity index is 849. The molecule has 0 saturated carbocycles. The minimum absolute atomic E-state index is 0.0780. The first-order valence-corrected chi connectivity index (χ1v) is 7.28. The van der Waals surface area contributed by atoms with E-state index in [1.807, 2.05) is 34.7 Å². The normalized spacial score (nSPS) is 11.8. The van der Waals surface area contributed by atoms with Crippen LogP contribution in [0.4, 0.5) is 0 Å². The van der Waals surface area contributed by atoms with Gasteiger partial charge in [0.25, 0.3) is 0 Å². The molecule has 3 rings (SSSR count). The SMILES string of the molecule is N#CC(COC(=O)c1ccn2cncc2c1)Cc1ccccc1. The molecule has 1 aromatic carbocycles. The summed E-state index contributed by atoms with van der Waals surface area (Å²) in [6.45, 7) is 0.0780. The Morgan fingerprint density at radius 3 is 2.91 bits per heavy atom. The molecule has 114 valence electrons. The average molecular weight is 305 g/mol. The predicted octanol–water partition coefficient (Wildman–Crippen LogP) is 2.87. The third-order valence-electron chi connectivity index (χ3n) is 3.57. The summed E-state index contributed by atoms with van der Waals surface area (Å²) in [7, 11) is 0. The van der Waals surface area contributed by atoms with Crippen LogP contribution in [0.5, 0.6) is 0 Å². The first-order valence-electron chi connectivity index (χ1n) is 7.28. The molecule has 0 amide bonds. The van der Waals surface area contributed by atoms with Crippen molar-refractivity contribution in [2.75, 3.05) is 6.61 Å². The highest BCUT2D eigenvalue weighted by atomic mass is 16.5. The molecule has 2 heterocycles. The van der Waals surface area contributed by atoms with Gasteiger partial charge < -0.3 is 9.14 Å². The van der Waals surface area contributed by atoms with Crippen LogP contribution >= 0.6 is 0 Å². The van der Waals surface area contributed by atoms with Gasteiger partial charge in [0.15, 0.2) is 0 Å². The third kappa shape index (κ3) is 3.55. The lowest BCUT2D eigenvalue weighted by Crippen LogP contribution is -2.15. The second-order valence-electron chi connectivity index (χ2n) is 5.26. The molecule has 0 aliphatic heterocycles. The maximum atomic E-state index is 12.1. The van der Waals surface area contributed by atoms with Gasteiger partial charge in [-0.05, 0) is 24.1 Å². The Balaban J connectivity index is 1.62. The molecule has 0 radical (unpaired) electrons. The highest BCUT2D eigenvalue weighted by molar-refractivity contribution is 5.90. The van der Waals surface area contributed by atoms with E-state index in [0.29, 0.717) is 12.0 Å². The fourth-order valence-corrected chi connectivity index (χ4v) is 2.35. The number of carbonyl (C=O) groups is 1. The van der Waals surface area contributed by atoms with Gasteiger partial charge in [0.05, 0.1) is 35.6 Å². The molecule has 0 N–H and O–H groups in total. The number of pyridine rings is 1. The van der Waals surface area contributed by atoms with Crippen molar-refractivity contribution < 1.29 is 9.53 Å². The van der Waals surface area contributed by atoms with Crippen LogP contribution in [0, 0.1) is 17.2 Å². The van der Waals surface area contributed by atoms with Crippen LogP contribution < -0.4 is 0 Å². The number of nitrogens with zero attached hydrogens (tertiary/aromatic N) is 3. The molecule has 0 spiro atoms. The van der Waals surface area contributed by atoms with Crippen LogP contribution in [-0.2, 0) is 11.2 Å². The number of fused-ring (bicyclic) bond motifs is 1. The molecular formula is C18H15N3O2. The molecule has 2 aromatic heterocycles. The van der Waals surface area contributed by atoms with E-state index in [1.54, 1.807) is 30.9 Å². The summed E-state index contributed by atoms with van der Waals surface area (Å²) < 4.78 is 7.10. The van der Waals surface area contributed by atoms with Crippen LogP contribution in [0.3, 0.4) is 0 Å². The van der Waals surface area contributed by atoms with Gasteiger partial charge in [0.1, 0.15) is 6.61 Å². The summed E-state index contributed by atoms with van der Waals surface area (Å²) in [6, 6.07) is 15.3. The molecule has 1 unspecified atom stereocenters. The van der Waals surface area contributed by atoms with Gasteiger partial charge >= 0.3 is 5.97 Å². The molecule has 3 aromatic rings. The lowest BCUT2D eigenvalue weighted by Gasteiger charge is -2.10. The Labute approximate surface area is 133 Å². The number of imidazole rings is 1. The van der Waals surface area contributed by atoms with Crippen LogP contribution in [0.15, 0.2) is 61.2 Å². The zero-order valence-corrected chi connectivity index (χ0v) is 12.4. The minimum atomic E-state index is -0.429. The largest absolute Gasteiger partial charge is 0.461 e. The van der Waals surface area contributed by atoms with Crippen LogP contribution in [0.2, 0.25) is 0 Å². The molecule has 0 aliphatic carbocycles. The summed E-state index contributed by atoms with van der Waals surface area (Å²) in [5.41, 5.74) is 2.32. The van der Waals surface area contributed by atoms with Crippen molar-refractivity contribution in [3.63, 3.8) is 0 Å². The summed E-state index contributed by atoms with van der Waals surface area (Å²) in [5, 5.41) is 9.23. The number of hydrogen-bond donors (Lipinski definition) is 0. The second-order valence-corrected chi connectivity index (χ2v) is 5.26. The molecule has 0 aliphatic rings. The number of nitriles is 1. The lowest BCUT2D eigenvalue weighted by atomic mass is 10.0. The fourth-order valence-electron chi connectivity index (χ4n) is 2.35. The Hall–Kier alpha value is -3.13. The Kier molecular flexibility index (Phi) is 4.34. The van der Waals surface area contributed by atoms with E-state index in [1.165, 1.54) is 0 Å². The van der Waals surface area contributed by atoms with E-state index in [-0.39, 0.29) is 12.5 Å². The van der Waals surface area contributed by atoms with Crippen LogP contribution in [-0.4, -0.2) is 22.0 Å². The quantitative estimate of drug-likeness (QED) is 0.680. The zero-order chi connectivity index (χ0) is 16.1. The second kappa shape index (κ2) is 6.75. The highest BCUT2D eigenvalue weighted by Crippen LogP contribution is 2.11. The van der Waals surface area contributed by atoms with Gasteiger partial charge in [0, 0.05) is 6.20 Å². The number of aromatic nitrogens is 2. The van der Waals surface area contributed by atoms with E-state index in [4.69, 9.17) is 4.74 Å². The van der Waals surface area contributed by atoms with Gasteiger partial charge in [-0.2, -0.15) is 5.26 Å². The zero-order valence-electron chi connectivity index (χ0n) is 12.4. The van der Waals surface area contributed by atoms with Gasteiger partial charge in [-0.25, -0.2) is 9.78 Å². The third-order valence-corrected chi connectivity index (χ3v) is 3.57. The molecule has 0 fully saturated rings. The van der Waals surface area contributed by atoms with Gasteiger partial charge in [-0.3, -0.25) is 0 Å². The maximum Gasteiger partial charge on any atom is 0.338 e. The molecule has 0 saturated heterocycles. The van der Waals surface area contributed by atoms with E-state index >= 15 is 0 Å². The Morgan fingerprint density at radius 1 is 1.30 bits per heavy atom. The number of carbonyl (C=O) groups excluding carboxylic acids is 1. The van der Waals surface area contributed by atoms with Crippen LogP contribution in [0.25, 0.3) is 5.52 Å². The lowest BCUT2D eigenvalue weighted by molar-refractivity contribution is 0.0468. The van der Waals surface area contributed by atoms with Crippen molar-refractivity contribution in [2.24, 2.45) is 5.92 Å². The summed E-state index contributed by atoms with van der Waals surface area (Å²) in [6.07, 6.45) is 5.65. The van der Waals surface area contributed by atoms with E-state index < -0.39 is 5.97 Å². The summed E-state index contributed by atoms with van der Waals surface area (Å²) in [4.78, 5) is 16.1. The molecule has 1 atom stereocenters. The van der Waals surface area contributed by atoms with Gasteiger partial charge in [0.2, 0.25) is 0 Å². The van der Waals surface area contributed by atoms with Crippen LogP contribution in [0.1, 0.15) is 15.9 Å². The van der Waals surface area contributed by atoms with Crippen molar-refractivity contribution in [2.45, 2.75) is 6.42 Å². The smallest absolute Gasteiger partial charge is 0.338 e. The number of rotatable bonds is 5. The fraction of sp³-hybridized carbons (Fsp3) is 0.167. The van der Waals surface area contributed by atoms with Crippen molar-refractivity contribution in [3.8, 4) is 6.07 Å². The van der Waals surface area contributed by atoms with E-state index in [2.05, 4.69) is 11.1 Å². The van der Waals surface area contributed by atoms with Crippen molar-refractivity contribution >= 4 is 11.5 Å². The molecular weight excluding hydrogens is 290 g/mol. The number of esters is 1.